The van der Waals surface area contributed by atoms with E-state index in [1.165, 1.54) is 0 Å². The normalized spacial score (nSPS) is 57.4. The zero-order chi connectivity index (χ0) is 10.3. The Hall–Kier alpha value is -1.10. The van der Waals surface area contributed by atoms with E-state index in [1.807, 2.05) is 0 Å². The minimum atomic E-state index is -1.27. The van der Waals surface area contributed by atoms with Gasteiger partial charge in [-0.3, -0.25) is 9.59 Å². The van der Waals surface area contributed by atoms with Crippen molar-refractivity contribution in [3.8, 4) is 0 Å². The molecule has 5 nitrogen and oxygen atoms in total. The van der Waals surface area contributed by atoms with E-state index < -0.39 is 23.4 Å². The monoisotopic (exact) mass is 197 g/mol. The van der Waals surface area contributed by atoms with Crippen LogP contribution in [0.5, 0.6) is 0 Å². The highest BCUT2D eigenvalue weighted by atomic mass is 16.4. The molecule has 14 heavy (non-hydrogen) atoms. The Labute approximate surface area is 79.9 Å². The lowest BCUT2D eigenvalue weighted by Crippen LogP contribution is -2.74. The summed E-state index contributed by atoms with van der Waals surface area (Å²) in [5, 5.41) is 17.8. The SMILES string of the molecule is NC1(C(=O)O)CC23CC2C(C(=O)O)C13. The average Bonchev–Trinajstić information content (AvgIpc) is 2.68. The van der Waals surface area contributed by atoms with Gasteiger partial charge >= 0.3 is 11.9 Å². The molecule has 3 aliphatic rings. The molecule has 3 fully saturated rings. The first-order chi connectivity index (χ1) is 6.43. The smallest absolute Gasteiger partial charge is 0.324 e. The fourth-order valence-electron chi connectivity index (χ4n) is 3.86. The van der Waals surface area contributed by atoms with E-state index in [9.17, 15) is 9.59 Å². The van der Waals surface area contributed by atoms with Crippen LogP contribution in [0, 0.1) is 23.2 Å². The minimum absolute atomic E-state index is 0.0101. The van der Waals surface area contributed by atoms with Gasteiger partial charge < -0.3 is 15.9 Å². The second-order valence-corrected chi connectivity index (χ2v) is 4.91. The molecule has 5 heteroatoms. The van der Waals surface area contributed by atoms with Gasteiger partial charge in [0.2, 0.25) is 0 Å². The van der Waals surface area contributed by atoms with Crippen LogP contribution in [0.3, 0.4) is 0 Å². The van der Waals surface area contributed by atoms with Gasteiger partial charge in [0, 0.05) is 5.92 Å². The fraction of sp³-hybridized carbons (Fsp3) is 0.778. The van der Waals surface area contributed by atoms with E-state index in [0.717, 1.165) is 6.42 Å². The van der Waals surface area contributed by atoms with Crippen molar-refractivity contribution in [2.75, 3.05) is 0 Å². The van der Waals surface area contributed by atoms with E-state index in [-0.39, 0.29) is 17.3 Å². The predicted molar refractivity (Wildman–Crippen MR) is 44.3 cm³/mol. The van der Waals surface area contributed by atoms with E-state index >= 15 is 0 Å². The van der Waals surface area contributed by atoms with Crippen molar-refractivity contribution in [2.24, 2.45) is 28.9 Å². The molecule has 0 saturated heterocycles. The largest absolute Gasteiger partial charge is 0.481 e. The molecule has 0 aromatic carbocycles. The van der Waals surface area contributed by atoms with Crippen LogP contribution < -0.4 is 5.73 Å². The van der Waals surface area contributed by atoms with Gasteiger partial charge in [0.25, 0.3) is 0 Å². The first kappa shape index (κ1) is 8.23. The maximum absolute atomic E-state index is 10.9. The van der Waals surface area contributed by atoms with Crippen LogP contribution in [0.15, 0.2) is 0 Å². The number of hydrogen-bond donors (Lipinski definition) is 3. The Balaban J connectivity index is 1.91. The third-order valence-electron chi connectivity index (χ3n) is 4.45. The summed E-state index contributed by atoms with van der Waals surface area (Å²) in [5.74, 6) is -2.56. The van der Waals surface area contributed by atoms with Crippen LogP contribution in [0.4, 0.5) is 0 Å². The molecule has 5 unspecified atom stereocenters. The number of rotatable bonds is 2. The summed E-state index contributed by atoms with van der Waals surface area (Å²) < 4.78 is 0. The molecule has 5 atom stereocenters. The Morgan fingerprint density at radius 1 is 1.36 bits per heavy atom. The lowest BCUT2D eigenvalue weighted by molar-refractivity contribution is -0.188. The quantitative estimate of drug-likeness (QED) is 0.554. The van der Waals surface area contributed by atoms with E-state index in [0.29, 0.717) is 6.42 Å². The molecule has 0 aromatic rings. The molecule has 1 spiro atoms. The third-order valence-corrected chi connectivity index (χ3v) is 4.45. The van der Waals surface area contributed by atoms with Crippen molar-refractivity contribution in [1.29, 1.82) is 0 Å². The van der Waals surface area contributed by atoms with Crippen molar-refractivity contribution in [1.82, 2.24) is 0 Å². The molecule has 0 aliphatic heterocycles. The van der Waals surface area contributed by atoms with Gasteiger partial charge in [-0.05, 0) is 24.2 Å². The van der Waals surface area contributed by atoms with Gasteiger partial charge in [-0.25, -0.2) is 0 Å². The molecule has 4 N–H and O–H groups in total. The highest BCUT2D eigenvalue weighted by molar-refractivity contribution is 5.86. The summed E-state index contributed by atoms with van der Waals surface area (Å²) in [6.45, 7) is 0. The van der Waals surface area contributed by atoms with Crippen LogP contribution in [-0.4, -0.2) is 27.7 Å². The minimum Gasteiger partial charge on any atom is -0.481 e. The molecule has 3 saturated carbocycles. The lowest BCUT2D eigenvalue weighted by atomic mass is 9.43. The van der Waals surface area contributed by atoms with Crippen molar-refractivity contribution in [3.63, 3.8) is 0 Å². The lowest BCUT2D eigenvalue weighted by Gasteiger charge is -2.60. The van der Waals surface area contributed by atoms with Gasteiger partial charge in [-0.15, -0.1) is 0 Å². The molecule has 0 heterocycles. The van der Waals surface area contributed by atoms with E-state index in [2.05, 4.69) is 0 Å². The van der Waals surface area contributed by atoms with Crippen LogP contribution in [0.25, 0.3) is 0 Å². The number of nitrogens with two attached hydrogens (primary N) is 1. The Kier molecular flexibility index (Phi) is 1.07. The number of carbonyl (C=O) groups is 2. The average molecular weight is 197 g/mol. The van der Waals surface area contributed by atoms with Crippen LogP contribution in [-0.2, 0) is 9.59 Å². The third kappa shape index (κ3) is 0.554. The topological polar surface area (TPSA) is 101 Å². The Morgan fingerprint density at radius 3 is 2.50 bits per heavy atom. The van der Waals surface area contributed by atoms with Gasteiger partial charge in [0.15, 0.2) is 0 Å². The molecular weight excluding hydrogens is 186 g/mol. The predicted octanol–water partition coefficient (Wildman–Crippen LogP) is -0.491. The van der Waals surface area contributed by atoms with Crippen LogP contribution >= 0.6 is 0 Å². The standard InChI is InChI=1S/C9H11NO4/c10-9(7(13)14)2-8-1-3(8)4(5(8)9)6(11)12/h3-5H,1-2,10H2,(H,11,12)(H,13,14). The van der Waals surface area contributed by atoms with Gasteiger partial charge in [0.1, 0.15) is 5.54 Å². The molecule has 0 bridgehead atoms. The highest BCUT2D eigenvalue weighted by Gasteiger charge is 2.88. The summed E-state index contributed by atoms with van der Waals surface area (Å²) in [6.07, 6.45) is 1.33. The summed E-state index contributed by atoms with van der Waals surface area (Å²) in [5.41, 5.74) is 4.45. The second-order valence-electron chi connectivity index (χ2n) is 4.91. The number of carboxylic acid groups (broad SMARTS) is 2. The fourth-order valence-corrected chi connectivity index (χ4v) is 3.86. The zero-order valence-corrected chi connectivity index (χ0v) is 7.43. The first-order valence-electron chi connectivity index (χ1n) is 4.68. The number of hydrogen-bond acceptors (Lipinski definition) is 3. The number of aliphatic carboxylic acids is 2. The van der Waals surface area contributed by atoms with Gasteiger partial charge in [0.05, 0.1) is 5.92 Å². The summed E-state index contributed by atoms with van der Waals surface area (Å²) in [6, 6.07) is 0. The van der Waals surface area contributed by atoms with Crippen molar-refractivity contribution in [2.45, 2.75) is 18.4 Å². The van der Waals surface area contributed by atoms with E-state index in [4.69, 9.17) is 15.9 Å². The van der Waals surface area contributed by atoms with Gasteiger partial charge in [-0.2, -0.15) is 0 Å². The van der Waals surface area contributed by atoms with Crippen LogP contribution in [0.1, 0.15) is 12.8 Å². The molecule has 0 amide bonds. The maximum atomic E-state index is 10.9. The van der Waals surface area contributed by atoms with E-state index in [1.54, 1.807) is 0 Å². The summed E-state index contributed by atoms with van der Waals surface area (Å²) in [7, 11) is 0. The summed E-state index contributed by atoms with van der Waals surface area (Å²) in [4.78, 5) is 21.8. The zero-order valence-electron chi connectivity index (χ0n) is 7.43. The highest BCUT2D eigenvalue weighted by Crippen LogP contribution is 2.85. The van der Waals surface area contributed by atoms with Gasteiger partial charge in [-0.1, -0.05) is 0 Å². The first-order valence-corrected chi connectivity index (χ1v) is 4.68. The number of carboxylic acids is 2. The van der Waals surface area contributed by atoms with Crippen LogP contribution in [0.2, 0.25) is 0 Å². The maximum Gasteiger partial charge on any atom is 0.324 e. The Bertz CT molecular complexity index is 368. The molecule has 0 radical (unpaired) electrons. The molecule has 3 rings (SSSR count). The Morgan fingerprint density at radius 2 is 2.00 bits per heavy atom. The summed E-state index contributed by atoms with van der Waals surface area (Å²) >= 11 is 0. The molecule has 0 aromatic heterocycles. The molecular formula is C9H11NO4. The molecule has 76 valence electrons. The van der Waals surface area contributed by atoms with Crippen molar-refractivity contribution < 1.29 is 19.8 Å². The second kappa shape index (κ2) is 1.82. The van der Waals surface area contributed by atoms with Crippen molar-refractivity contribution >= 4 is 11.9 Å². The van der Waals surface area contributed by atoms with Crippen molar-refractivity contribution in [3.05, 3.63) is 0 Å². The molecule has 3 aliphatic carbocycles.